The molecule has 0 aliphatic heterocycles. The molecule has 8 heteroatoms. The molecule has 1 aromatic rings. The number of alkyl halides is 2. The molecule has 0 aliphatic carbocycles. The molecule has 0 saturated heterocycles. The van der Waals surface area contributed by atoms with Crippen LogP contribution >= 0.6 is 31.9 Å². The number of benzene rings is 1. The molecular weight excluding hydrogens is 384 g/mol. The molecule has 0 atom stereocenters. The topological polar surface area (TPSA) is 68.3 Å². The zero-order valence-corrected chi connectivity index (χ0v) is 12.7. The highest BCUT2D eigenvalue weighted by atomic mass is 79.9. The van der Waals surface area contributed by atoms with E-state index in [0.29, 0.717) is 0 Å². The molecule has 0 N–H and O–H groups in total. The summed E-state index contributed by atoms with van der Waals surface area (Å²) in [5, 5.41) is 0. The van der Waals surface area contributed by atoms with Crippen LogP contribution in [0.2, 0.25) is 0 Å². The first-order chi connectivity index (χ1) is 7.33. The Hall–Kier alpha value is 0.0800. The third kappa shape index (κ3) is 3.06. The second-order valence-electron chi connectivity index (χ2n) is 2.92. The van der Waals surface area contributed by atoms with Gasteiger partial charge < -0.3 is 0 Å². The van der Waals surface area contributed by atoms with E-state index in [9.17, 15) is 16.8 Å². The fourth-order valence-corrected chi connectivity index (χ4v) is 4.08. The van der Waals surface area contributed by atoms with Gasteiger partial charge in [0.05, 0.1) is 9.79 Å². The lowest BCUT2D eigenvalue weighted by Crippen LogP contribution is -2.06. The molecule has 0 unspecified atom stereocenters. The van der Waals surface area contributed by atoms with Gasteiger partial charge in [0, 0.05) is 0 Å². The van der Waals surface area contributed by atoms with Crippen molar-refractivity contribution in [2.45, 2.75) is 9.79 Å². The van der Waals surface area contributed by atoms with Crippen LogP contribution in [0, 0.1) is 0 Å². The first-order valence-corrected chi connectivity index (χ1v) is 9.56. The lowest BCUT2D eigenvalue weighted by Gasteiger charge is -2.04. The summed E-state index contributed by atoms with van der Waals surface area (Å²) in [7, 11) is -6.90. The Morgan fingerprint density at radius 2 is 1.25 bits per heavy atom. The van der Waals surface area contributed by atoms with E-state index in [1.165, 1.54) is 18.2 Å². The summed E-state index contributed by atoms with van der Waals surface area (Å²) in [5.41, 5.74) is 0. The molecule has 1 aromatic carbocycles. The molecule has 0 bridgehead atoms. The van der Waals surface area contributed by atoms with E-state index in [4.69, 9.17) is 0 Å². The van der Waals surface area contributed by atoms with Crippen LogP contribution in [-0.4, -0.2) is 26.2 Å². The molecule has 0 saturated carbocycles. The van der Waals surface area contributed by atoms with Crippen LogP contribution in [-0.2, 0) is 19.7 Å². The van der Waals surface area contributed by atoms with Gasteiger partial charge in [0.25, 0.3) is 0 Å². The zero-order chi connectivity index (χ0) is 12.4. The number of sulfone groups is 2. The zero-order valence-electron chi connectivity index (χ0n) is 7.93. The van der Waals surface area contributed by atoms with Crippen molar-refractivity contribution in [3.63, 3.8) is 0 Å². The summed E-state index contributed by atoms with van der Waals surface area (Å²) < 4.78 is 45.6. The number of rotatable bonds is 4. The molecular formula is C8H8Br2O4S2. The molecule has 0 aromatic heterocycles. The maximum atomic E-state index is 11.5. The summed E-state index contributed by atoms with van der Waals surface area (Å²) in [5.74, 6) is 0. The van der Waals surface area contributed by atoms with Crippen LogP contribution in [0.5, 0.6) is 0 Å². The van der Waals surface area contributed by atoms with Gasteiger partial charge in [0.2, 0.25) is 0 Å². The minimum absolute atomic E-state index is 0.00796. The maximum Gasteiger partial charge on any atom is 0.188 e. The van der Waals surface area contributed by atoms with Crippen LogP contribution in [0.15, 0.2) is 34.1 Å². The van der Waals surface area contributed by atoms with Gasteiger partial charge in [-0.2, -0.15) is 0 Å². The van der Waals surface area contributed by atoms with E-state index in [-0.39, 0.29) is 19.1 Å². The van der Waals surface area contributed by atoms with Crippen molar-refractivity contribution < 1.29 is 16.8 Å². The Bertz CT molecular complexity index is 529. The second kappa shape index (κ2) is 5.16. The van der Waals surface area contributed by atoms with Crippen molar-refractivity contribution in [1.29, 1.82) is 0 Å². The number of hydrogen-bond acceptors (Lipinski definition) is 4. The second-order valence-corrected chi connectivity index (χ2v) is 9.51. The van der Waals surface area contributed by atoms with Crippen molar-refractivity contribution >= 4 is 51.5 Å². The average molecular weight is 392 g/mol. The van der Waals surface area contributed by atoms with E-state index < -0.39 is 19.7 Å². The predicted octanol–water partition coefficient (Wildman–Crippen LogP) is 1.94. The van der Waals surface area contributed by atoms with Crippen molar-refractivity contribution in [2.24, 2.45) is 0 Å². The van der Waals surface area contributed by atoms with Gasteiger partial charge in [-0.25, -0.2) is 16.8 Å². The smallest absolute Gasteiger partial charge is 0.188 e. The Morgan fingerprint density at radius 3 is 1.56 bits per heavy atom. The SMILES string of the molecule is O=S(=O)(CBr)c1cccc(S(=O)(=O)CBr)c1. The van der Waals surface area contributed by atoms with E-state index >= 15 is 0 Å². The predicted molar refractivity (Wildman–Crippen MR) is 68.4 cm³/mol. The van der Waals surface area contributed by atoms with Crippen LogP contribution in [0.4, 0.5) is 0 Å². The molecule has 16 heavy (non-hydrogen) atoms. The molecule has 0 aliphatic rings. The highest BCUT2D eigenvalue weighted by molar-refractivity contribution is 9.11. The average Bonchev–Trinajstić information content (AvgIpc) is 2.29. The van der Waals surface area contributed by atoms with Crippen LogP contribution in [0.3, 0.4) is 0 Å². The highest BCUT2D eigenvalue weighted by Crippen LogP contribution is 2.19. The normalized spacial score (nSPS) is 12.6. The lowest BCUT2D eigenvalue weighted by atomic mass is 10.4. The molecule has 0 heterocycles. The number of halogens is 2. The van der Waals surface area contributed by atoms with Gasteiger partial charge in [-0.3, -0.25) is 0 Å². The van der Waals surface area contributed by atoms with Crippen molar-refractivity contribution in [3.05, 3.63) is 24.3 Å². The van der Waals surface area contributed by atoms with E-state index in [1.54, 1.807) is 0 Å². The molecule has 0 amide bonds. The quantitative estimate of drug-likeness (QED) is 0.735. The summed E-state index contributed by atoms with van der Waals surface area (Å²) in [6, 6.07) is 5.30. The van der Waals surface area contributed by atoms with Crippen LogP contribution < -0.4 is 0 Å². The first-order valence-electron chi connectivity index (χ1n) is 4.01. The van der Waals surface area contributed by atoms with Crippen LogP contribution in [0.25, 0.3) is 0 Å². The monoisotopic (exact) mass is 390 g/mol. The van der Waals surface area contributed by atoms with Gasteiger partial charge in [0.15, 0.2) is 19.7 Å². The summed E-state index contributed by atoms with van der Waals surface area (Å²) in [6.07, 6.45) is 0. The van der Waals surface area contributed by atoms with Gasteiger partial charge in [0.1, 0.15) is 9.32 Å². The first kappa shape index (κ1) is 14.1. The minimum atomic E-state index is -3.45. The number of hydrogen-bond donors (Lipinski definition) is 0. The van der Waals surface area contributed by atoms with Crippen molar-refractivity contribution in [3.8, 4) is 0 Å². The Labute approximate surface area is 111 Å². The fourth-order valence-electron chi connectivity index (χ4n) is 0.987. The van der Waals surface area contributed by atoms with Gasteiger partial charge in [-0.1, -0.05) is 37.9 Å². The van der Waals surface area contributed by atoms with Gasteiger partial charge >= 0.3 is 0 Å². The fraction of sp³-hybridized carbons (Fsp3) is 0.250. The summed E-state index contributed by atoms with van der Waals surface area (Å²) in [6.45, 7) is 0. The Kier molecular flexibility index (Phi) is 4.56. The minimum Gasteiger partial charge on any atom is -0.223 e. The molecule has 90 valence electrons. The van der Waals surface area contributed by atoms with Crippen molar-refractivity contribution in [1.82, 2.24) is 0 Å². The Morgan fingerprint density at radius 1 is 0.875 bits per heavy atom. The van der Waals surface area contributed by atoms with E-state index in [1.807, 2.05) is 0 Å². The van der Waals surface area contributed by atoms with Gasteiger partial charge in [-0.05, 0) is 18.2 Å². The lowest BCUT2D eigenvalue weighted by molar-refractivity contribution is 0.599. The molecule has 0 spiro atoms. The largest absolute Gasteiger partial charge is 0.223 e. The molecule has 0 fully saturated rings. The summed E-state index contributed by atoms with van der Waals surface area (Å²) >= 11 is 5.71. The molecule has 4 nitrogen and oxygen atoms in total. The third-order valence-corrected chi connectivity index (χ3v) is 7.95. The maximum absolute atomic E-state index is 11.5. The van der Waals surface area contributed by atoms with Crippen molar-refractivity contribution in [2.75, 3.05) is 9.32 Å². The summed E-state index contributed by atoms with van der Waals surface area (Å²) in [4.78, 5) is -0.0159. The van der Waals surface area contributed by atoms with E-state index in [0.717, 1.165) is 6.07 Å². The Balaban J connectivity index is 3.37. The standard InChI is InChI=1S/C8H8Br2O4S2/c9-5-15(11,12)7-2-1-3-8(4-7)16(13,14)6-10/h1-4H,5-6H2. The van der Waals surface area contributed by atoms with Crippen LogP contribution in [0.1, 0.15) is 0 Å². The molecule has 1 rings (SSSR count). The van der Waals surface area contributed by atoms with Gasteiger partial charge in [-0.15, -0.1) is 0 Å². The molecule has 0 radical (unpaired) electrons. The third-order valence-electron chi connectivity index (χ3n) is 1.81. The van der Waals surface area contributed by atoms with E-state index in [2.05, 4.69) is 31.9 Å². The highest BCUT2D eigenvalue weighted by Gasteiger charge is 2.17.